The second-order valence-electron chi connectivity index (χ2n) is 4.94. The Morgan fingerprint density at radius 3 is 2.58 bits per heavy atom. The number of aryl methyl sites for hydroxylation is 1. The van der Waals surface area contributed by atoms with Crippen LogP contribution in [0, 0.1) is 18.3 Å². The van der Waals surface area contributed by atoms with E-state index < -0.39 is 0 Å². The van der Waals surface area contributed by atoms with Gasteiger partial charge in [0.1, 0.15) is 6.07 Å². The molecule has 0 bridgehead atoms. The normalized spacial score (nSPS) is 10.4. The molecule has 0 saturated heterocycles. The van der Waals surface area contributed by atoms with Crippen molar-refractivity contribution in [3.8, 4) is 17.6 Å². The second kappa shape index (κ2) is 8.94. The Bertz CT molecular complexity index is 752. The van der Waals surface area contributed by atoms with E-state index in [9.17, 15) is 0 Å². The third-order valence-corrected chi connectivity index (χ3v) is 3.79. The van der Waals surface area contributed by atoms with Crippen molar-refractivity contribution in [3.05, 3.63) is 52.0 Å². The van der Waals surface area contributed by atoms with E-state index in [1.54, 1.807) is 12.3 Å². The monoisotopic (exact) mass is 387 g/mol. The molecule has 2 rings (SSSR count). The number of anilines is 1. The summed E-state index contributed by atoms with van der Waals surface area (Å²) in [5, 5.41) is 12.9. The summed E-state index contributed by atoms with van der Waals surface area (Å²) in [5.74, 6) is 1.10. The van der Waals surface area contributed by atoms with Crippen LogP contribution in [0.15, 0.2) is 46.0 Å². The van der Waals surface area contributed by atoms with E-state index in [0.29, 0.717) is 18.1 Å². The van der Waals surface area contributed by atoms with Crippen molar-refractivity contribution >= 4 is 27.8 Å². The Labute approximate surface area is 150 Å². The molecule has 124 valence electrons. The molecular formula is C18H18BrN3O2. The van der Waals surface area contributed by atoms with Gasteiger partial charge in [0.25, 0.3) is 0 Å². The van der Waals surface area contributed by atoms with Gasteiger partial charge in [-0.25, -0.2) is 0 Å². The van der Waals surface area contributed by atoms with E-state index in [-0.39, 0.29) is 6.61 Å². The first-order valence-electron chi connectivity index (χ1n) is 7.46. The minimum absolute atomic E-state index is 0.0328. The van der Waals surface area contributed by atoms with Crippen LogP contribution < -0.4 is 14.9 Å². The average Bonchev–Trinajstić information content (AvgIpc) is 2.58. The van der Waals surface area contributed by atoms with Gasteiger partial charge in [-0.05, 0) is 54.0 Å². The highest BCUT2D eigenvalue weighted by atomic mass is 79.9. The lowest BCUT2D eigenvalue weighted by atomic mass is 10.2. The standard InChI is InChI=1S/C18H18BrN3O2/c1-3-23-17-10-14(16(19)11-18(17)24-9-8-20)12-21-22-15-6-4-13(2)5-7-15/h4-7,10-12,22H,3,9H2,1-2H3/b21-12+. The number of ether oxygens (including phenoxy) is 2. The van der Waals surface area contributed by atoms with Crippen molar-refractivity contribution in [1.82, 2.24) is 0 Å². The third kappa shape index (κ3) is 5.00. The molecule has 2 aromatic carbocycles. The van der Waals surface area contributed by atoms with Gasteiger partial charge in [0.15, 0.2) is 18.1 Å². The molecule has 0 radical (unpaired) electrons. The van der Waals surface area contributed by atoms with Gasteiger partial charge < -0.3 is 9.47 Å². The molecule has 0 atom stereocenters. The van der Waals surface area contributed by atoms with E-state index in [2.05, 4.69) is 26.5 Å². The summed E-state index contributed by atoms with van der Waals surface area (Å²) in [5.41, 5.74) is 5.92. The number of halogens is 1. The summed E-state index contributed by atoms with van der Waals surface area (Å²) in [4.78, 5) is 0. The first-order chi connectivity index (χ1) is 11.6. The molecule has 5 nitrogen and oxygen atoms in total. The molecule has 0 aromatic heterocycles. The molecule has 24 heavy (non-hydrogen) atoms. The maximum Gasteiger partial charge on any atom is 0.174 e. The van der Waals surface area contributed by atoms with Crippen molar-refractivity contribution in [2.24, 2.45) is 5.10 Å². The molecule has 0 spiro atoms. The largest absolute Gasteiger partial charge is 0.490 e. The number of hydrogen-bond donors (Lipinski definition) is 1. The minimum atomic E-state index is -0.0328. The van der Waals surface area contributed by atoms with Crippen LogP contribution in [-0.4, -0.2) is 19.4 Å². The smallest absolute Gasteiger partial charge is 0.174 e. The molecule has 0 unspecified atom stereocenters. The SMILES string of the molecule is CCOc1cc(/C=N/Nc2ccc(C)cc2)c(Br)cc1OCC#N. The van der Waals surface area contributed by atoms with Gasteiger partial charge in [-0.1, -0.05) is 17.7 Å². The maximum atomic E-state index is 8.66. The van der Waals surface area contributed by atoms with Crippen molar-refractivity contribution in [2.45, 2.75) is 13.8 Å². The summed E-state index contributed by atoms with van der Waals surface area (Å²) < 4.78 is 11.8. The van der Waals surface area contributed by atoms with E-state index in [0.717, 1.165) is 15.7 Å². The Morgan fingerprint density at radius 2 is 1.92 bits per heavy atom. The predicted octanol–water partition coefficient (Wildman–Crippen LogP) is 4.50. The molecule has 1 N–H and O–H groups in total. The minimum Gasteiger partial charge on any atom is -0.490 e. The first kappa shape index (κ1) is 17.8. The van der Waals surface area contributed by atoms with Gasteiger partial charge in [0, 0.05) is 10.0 Å². The summed E-state index contributed by atoms with van der Waals surface area (Å²) in [6.45, 7) is 4.40. The molecule has 0 aliphatic heterocycles. The zero-order valence-electron chi connectivity index (χ0n) is 13.5. The lowest BCUT2D eigenvalue weighted by Crippen LogP contribution is -2.01. The first-order valence-corrected chi connectivity index (χ1v) is 8.25. The fraction of sp³-hybridized carbons (Fsp3) is 0.222. The van der Waals surface area contributed by atoms with Gasteiger partial charge in [0.2, 0.25) is 0 Å². The van der Waals surface area contributed by atoms with E-state index in [1.807, 2.05) is 50.2 Å². The van der Waals surface area contributed by atoms with Crippen molar-refractivity contribution in [1.29, 1.82) is 5.26 Å². The highest BCUT2D eigenvalue weighted by Crippen LogP contribution is 2.33. The Balaban J connectivity index is 2.16. The van der Waals surface area contributed by atoms with Crippen LogP contribution in [0.5, 0.6) is 11.5 Å². The maximum absolute atomic E-state index is 8.66. The van der Waals surface area contributed by atoms with Crippen LogP contribution in [0.3, 0.4) is 0 Å². The fourth-order valence-corrected chi connectivity index (χ4v) is 2.37. The van der Waals surface area contributed by atoms with E-state index in [1.165, 1.54) is 5.56 Å². The zero-order valence-corrected chi connectivity index (χ0v) is 15.1. The Morgan fingerprint density at radius 1 is 1.21 bits per heavy atom. The van der Waals surface area contributed by atoms with Gasteiger partial charge in [-0.2, -0.15) is 10.4 Å². The van der Waals surface area contributed by atoms with E-state index in [4.69, 9.17) is 14.7 Å². The number of nitrogens with one attached hydrogen (secondary N) is 1. The van der Waals surface area contributed by atoms with Gasteiger partial charge >= 0.3 is 0 Å². The van der Waals surface area contributed by atoms with Crippen LogP contribution in [0.1, 0.15) is 18.1 Å². The van der Waals surface area contributed by atoms with Gasteiger partial charge in [-0.15, -0.1) is 0 Å². The average molecular weight is 388 g/mol. The number of hydrazone groups is 1. The second-order valence-corrected chi connectivity index (χ2v) is 5.79. The highest BCUT2D eigenvalue weighted by Gasteiger charge is 2.10. The molecule has 0 fully saturated rings. The van der Waals surface area contributed by atoms with Crippen molar-refractivity contribution in [2.75, 3.05) is 18.6 Å². The summed E-state index contributed by atoms with van der Waals surface area (Å²) in [7, 11) is 0. The summed E-state index contributed by atoms with van der Waals surface area (Å²) >= 11 is 3.48. The number of benzene rings is 2. The zero-order chi connectivity index (χ0) is 17.4. The number of hydrogen-bond acceptors (Lipinski definition) is 5. The third-order valence-electron chi connectivity index (χ3n) is 3.10. The lowest BCUT2D eigenvalue weighted by molar-refractivity contribution is 0.298. The van der Waals surface area contributed by atoms with Gasteiger partial charge in [-0.3, -0.25) is 5.43 Å². The summed E-state index contributed by atoms with van der Waals surface area (Å²) in [6, 6.07) is 13.5. The van der Waals surface area contributed by atoms with Crippen LogP contribution >= 0.6 is 15.9 Å². The lowest BCUT2D eigenvalue weighted by Gasteiger charge is -2.12. The highest BCUT2D eigenvalue weighted by molar-refractivity contribution is 9.10. The molecule has 0 aliphatic carbocycles. The fourth-order valence-electron chi connectivity index (χ4n) is 1.95. The molecule has 0 heterocycles. The molecule has 0 saturated carbocycles. The Hall–Kier alpha value is -2.52. The predicted molar refractivity (Wildman–Crippen MR) is 98.8 cm³/mol. The van der Waals surface area contributed by atoms with Crippen molar-refractivity contribution in [3.63, 3.8) is 0 Å². The van der Waals surface area contributed by atoms with Crippen LogP contribution in [-0.2, 0) is 0 Å². The number of nitriles is 1. The summed E-state index contributed by atoms with van der Waals surface area (Å²) in [6.07, 6.45) is 1.69. The van der Waals surface area contributed by atoms with Gasteiger partial charge in [0.05, 0.1) is 18.5 Å². The molecular weight excluding hydrogens is 370 g/mol. The molecule has 2 aromatic rings. The molecule has 6 heteroatoms. The topological polar surface area (TPSA) is 66.6 Å². The van der Waals surface area contributed by atoms with E-state index >= 15 is 0 Å². The van der Waals surface area contributed by atoms with Crippen LogP contribution in [0.4, 0.5) is 5.69 Å². The van der Waals surface area contributed by atoms with Crippen LogP contribution in [0.2, 0.25) is 0 Å². The van der Waals surface area contributed by atoms with Crippen LogP contribution in [0.25, 0.3) is 0 Å². The Kier molecular flexibility index (Phi) is 6.64. The molecule has 0 aliphatic rings. The van der Waals surface area contributed by atoms with Crippen molar-refractivity contribution < 1.29 is 9.47 Å². The quantitative estimate of drug-likeness (QED) is 0.560. The number of nitrogens with zero attached hydrogens (tertiary/aromatic N) is 2. The molecule has 0 amide bonds. The number of rotatable bonds is 7.